The van der Waals surface area contributed by atoms with E-state index >= 15 is 0 Å². The number of nitrogens with zero attached hydrogens (tertiary/aromatic N) is 6. The lowest BCUT2D eigenvalue weighted by Gasteiger charge is -2.33. The molecule has 13 nitrogen and oxygen atoms in total. The highest BCUT2D eigenvalue weighted by Crippen LogP contribution is 2.33. The minimum absolute atomic E-state index is 0.169. The van der Waals surface area contributed by atoms with Crippen LogP contribution in [-0.2, 0) is 22.6 Å². The number of piperidine rings is 1. The summed E-state index contributed by atoms with van der Waals surface area (Å²) in [7, 11) is 6.89. The summed E-state index contributed by atoms with van der Waals surface area (Å²) in [5.41, 5.74) is 4.39. The topological polar surface area (TPSA) is 128 Å². The van der Waals surface area contributed by atoms with Gasteiger partial charge in [-0.15, -0.1) is 0 Å². The van der Waals surface area contributed by atoms with Gasteiger partial charge in [-0.25, -0.2) is 18.7 Å². The zero-order chi connectivity index (χ0) is 33.4. The molecule has 254 valence electrons. The van der Waals surface area contributed by atoms with E-state index in [1.165, 1.54) is 10.9 Å². The van der Waals surface area contributed by atoms with E-state index in [1.807, 2.05) is 36.2 Å². The first-order valence-electron chi connectivity index (χ1n) is 16.2. The second-order valence-electron chi connectivity index (χ2n) is 12.6. The number of carbonyl (C=O) groups excluding carboxylic acids is 1. The molecule has 2 aromatic carbocycles. The molecule has 0 radical (unpaired) electrons. The maximum absolute atomic E-state index is 14.7. The number of hydrogen-bond donors (Lipinski definition) is 2. The fourth-order valence-electron chi connectivity index (χ4n) is 6.87. The maximum atomic E-state index is 14.7. The van der Waals surface area contributed by atoms with Gasteiger partial charge in [0.2, 0.25) is 5.95 Å². The van der Waals surface area contributed by atoms with E-state index in [0.717, 1.165) is 48.4 Å². The van der Waals surface area contributed by atoms with Crippen molar-refractivity contribution < 1.29 is 28.1 Å². The number of methoxy groups -OCH3 is 3. The van der Waals surface area contributed by atoms with Crippen LogP contribution in [-0.4, -0.2) is 91.4 Å². The summed E-state index contributed by atoms with van der Waals surface area (Å²) < 4.78 is 39.0. The lowest BCUT2D eigenvalue weighted by Crippen LogP contribution is -2.43. The Labute approximate surface area is 278 Å². The van der Waals surface area contributed by atoms with Crippen LogP contribution in [0.2, 0.25) is 0 Å². The molecule has 2 aromatic heterocycles. The van der Waals surface area contributed by atoms with Gasteiger partial charge >= 0.3 is 6.03 Å². The van der Waals surface area contributed by atoms with Gasteiger partial charge in [-0.3, -0.25) is 0 Å². The first-order chi connectivity index (χ1) is 23.3. The van der Waals surface area contributed by atoms with Crippen molar-refractivity contribution in [1.82, 2.24) is 24.8 Å². The highest BCUT2D eigenvalue weighted by Gasteiger charge is 2.37. The molecule has 4 heterocycles. The van der Waals surface area contributed by atoms with Gasteiger partial charge in [0.15, 0.2) is 17.0 Å². The number of benzene rings is 2. The van der Waals surface area contributed by atoms with Gasteiger partial charge in [-0.2, -0.15) is 9.97 Å². The van der Waals surface area contributed by atoms with Crippen molar-refractivity contribution in [2.75, 3.05) is 56.6 Å². The van der Waals surface area contributed by atoms with Gasteiger partial charge in [0.1, 0.15) is 24.0 Å². The Hall–Kier alpha value is -4.69. The largest absolute Gasteiger partial charge is 0.497 e. The Morgan fingerprint density at radius 1 is 1.06 bits per heavy atom. The SMILES string of the molecule is COc1ccc(CN(C)c2nc3nc4c2ncn4C(=O)N[C@@H]2C[C@@H](F)C[C@H]2OCc2cc(cc(N4CCC(OC)CC4)c2)N3)c(OC)c1. The van der Waals surface area contributed by atoms with Crippen molar-refractivity contribution in [3.05, 3.63) is 53.9 Å². The van der Waals surface area contributed by atoms with E-state index in [2.05, 4.69) is 32.7 Å². The minimum Gasteiger partial charge on any atom is -0.497 e. The molecular weight excluding hydrogens is 619 g/mol. The van der Waals surface area contributed by atoms with Gasteiger partial charge < -0.3 is 39.4 Å². The van der Waals surface area contributed by atoms with Crippen molar-refractivity contribution in [2.45, 2.75) is 63.3 Å². The third kappa shape index (κ3) is 6.41. The third-order valence-corrected chi connectivity index (χ3v) is 9.45. The molecule has 1 saturated carbocycles. The number of fused-ring (bicyclic) bond motifs is 4. The predicted octanol–water partition coefficient (Wildman–Crippen LogP) is 4.80. The molecule has 3 atom stereocenters. The molecular formula is C34H41FN8O5. The molecule has 2 N–H and O–H groups in total. The normalized spacial score (nSPS) is 21.4. The standard InChI is InChI=1S/C34H41FN8O5/c1-41(17-21-5-6-26(46-3)16-28(21)47-4)31-30-32-40-33(39-31)37-23-11-20(12-24(15-23)42-9-7-25(45-2)8-10-42)18-48-29-14-22(35)13-27(29)38-34(44)43(32)19-36-30/h5-6,11-12,15-16,19,22,25,27,29H,7-10,13-14,17-18H2,1-4H3,(H,38,44)(H,37,39,40)/t22-,27-,29-/m1/s1. The summed E-state index contributed by atoms with van der Waals surface area (Å²) in [6.45, 7) is 2.39. The van der Waals surface area contributed by atoms with Crippen molar-refractivity contribution in [1.29, 1.82) is 0 Å². The van der Waals surface area contributed by atoms with Gasteiger partial charge in [-0.1, -0.05) is 0 Å². The number of amides is 1. The Morgan fingerprint density at radius 3 is 2.67 bits per heavy atom. The number of alkyl halides is 1. The fraction of sp³-hybridized carbons (Fsp3) is 0.471. The molecule has 14 heteroatoms. The van der Waals surface area contributed by atoms with Gasteiger partial charge in [0, 0.05) is 69.6 Å². The summed E-state index contributed by atoms with van der Waals surface area (Å²) >= 11 is 0. The highest BCUT2D eigenvalue weighted by molar-refractivity contribution is 5.93. The second-order valence-corrected chi connectivity index (χ2v) is 12.6. The number of halogens is 1. The number of nitrogens with one attached hydrogen (secondary N) is 2. The highest BCUT2D eigenvalue weighted by atomic mass is 19.1. The molecule has 1 saturated heterocycles. The van der Waals surface area contributed by atoms with Crippen molar-refractivity contribution >= 4 is 40.3 Å². The van der Waals surface area contributed by atoms with Crippen molar-refractivity contribution in [2.24, 2.45) is 0 Å². The lowest BCUT2D eigenvalue weighted by molar-refractivity contribution is 0.0273. The van der Waals surface area contributed by atoms with Crippen LogP contribution in [0.15, 0.2) is 42.7 Å². The smallest absolute Gasteiger partial charge is 0.328 e. The Bertz CT molecular complexity index is 1790. The van der Waals surface area contributed by atoms with E-state index in [9.17, 15) is 9.18 Å². The molecule has 2 aliphatic heterocycles. The van der Waals surface area contributed by atoms with E-state index in [4.69, 9.17) is 28.9 Å². The molecule has 0 spiro atoms. The van der Waals surface area contributed by atoms with Crippen LogP contribution in [0.3, 0.4) is 0 Å². The summed E-state index contributed by atoms with van der Waals surface area (Å²) in [6, 6.07) is 10.9. The number of imidazole rings is 1. The molecule has 4 bridgehead atoms. The molecule has 1 aliphatic carbocycles. The van der Waals surface area contributed by atoms with E-state index < -0.39 is 24.3 Å². The zero-order valence-corrected chi connectivity index (χ0v) is 27.6. The molecule has 7 rings (SSSR count). The second kappa shape index (κ2) is 13.4. The van der Waals surface area contributed by atoms with Crippen LogP contribution in [0.4, 0.5) is 32.3 Å². The predicted molar refractivity (Wildman–Crippen MR) is 179 cm³/mol. The minimum atomic E-state index is -1.08. The van der Waals surface area contributed by atoms with E-state index in [-0.39, 0.29) is 25.6 Å². The first-order valence-corrected chi connectivity index (χ1v) is 16.2. The van der Waals surface area contributed by atoms with Gasteiger partial charge in [0.25, 0.3) is 0 Å². The van der Waals surface area contributed by atoms with Crippen molar-refractivity contribution in [3.63, 3.8) is 0 Å². The summed E-state index contributed by atoms with van der Waals surface area (Å²) in [5, 5.41) is 6.39. The van der Waals surface area contributed by atoms with Crippen LogP contribution in [0, 0.1) is 0 Å². The molecule has 1 amide bonds. The van der Waals surface area contributed by atoms with Gasteiger partial charge in [0.05, 0.1) is 39.1 Å². The summed E-state index contributed by atoms with van der Waals surface area (Å²) in [5.74, 6) is 2.17. The average molecular weight is 661 g/mol. The molecule has 48 heavy (non-hydrogen) atoms. The van der Waals surface area contributed by atoms with Crippen molar-refractivity contribution in [3.8, 4) is 11.5 Å². The average Bonchev–Trinajstić information content (AvgIpc) is 3.69. The zero-order valence-electron chi connectivity index (χ0n) is 27.6. The van der Waals surface area contributed by atoms with E-state index in [0.29, 0.717) is 41.0 Å². The van der Waals surface area contributed by atoms with Crippen LogP contribution in [0.1, 0.15) is 36.8 Å². The maximum Gasteiger partial charge on any atom is 0.328 e. The third-order valence-electron chi connectivity index (χ3n) is 9.45. The number of aromatic nitrogens is 4. The Morgan fingerprint density at radius 2 is 1.90 bits per heavy atom. The fourth-order valence-corrected chi connectivity index (χ4v) is 6.87. The summed E-state index contributed by atoms with van der Waals surface area (Å²) in [4.78, 5) is 32.2. The summed E-state index contributed by atoms with van der Waals surface area (Å²) in [6.07, 6.45) is 2.35. The number of anilines is 4. The van der Waals surface area contributed by atoms with Crippen LogP contribution >= 0.6 is 0 Å². The monoisotopic (exact) mass is 660 g/mol. The first kappa shape index (κ1) is 31.9. The number of rotatable bonds is 7. The molecule has 4 aromatic rings. The molecule has 0 unspecified atom stereocenters. The van der Waals surface area contributed by atoms with Crippen LogP contribution in [0.5, 0.6) is 11.5 Å². The Kier molecular flexibility index (Phi) is 8.92. The quantitative estimate of drug-likeness (QED) is 0.284. The number of hydrogen-bond acceptors (Lipinski definition) is 11. The van der Waals surface area contributed by atoms with Gasteiger partial charge in [-0.05, 0) is 48.7 Å². The Balaban J connectivity index is 1.30. The number of ether oxygens (including phenoxy) is 4. The lowest BCUT2D eigenvalue weighted by atomic mass is 10.1. The van der Waals surface area contributed by atoms with Crippen LogP contribution < -0.4 is 29.9 Å². The number of carbonyl (C=O) groups is 1. The molecule has 3 aliphatic rings. The molecule has 2 fully saturated rings. The van der Waals surface area contributed by atoms with Crippen LogP contribution in [0.25, 0.3) is 11.2 Å². The van der Waals surface area contributed by atoms with E-state index in [1.54, 1.807) is 21.3 Å².